The number of carbonyl (C=O) groups is 1. The molecule has 0 radical (unpaired) electrons. The maximum atomic E-state index is 11.2. The Labute approximate surface area is 117 Å². The number of carbonyl (C=O) groups excluding carboxylic acids is 1. The van der Waals surface area contributed by atoms with Gasteiger partial charge in [-0.05, 0) is 18.9 Å². The van der Waals surface area contributed by atoms with Gasteiger partial charge in [-0.1, -0.05) is 25.0 Å². The molecular formula is C15H18N2O3. The minimum absolute atomic E-state index is 0.0832. The van der Waals surface area contributed by atoms with Crippen molar-refractivity contribution in [3.63, 3.8) is 0 Å². The quantitative estimate of drug-likeness (QED) is 0.787. The Morgan fingerprint density at radius 2 is 2.10 bits per heavy atom. The van der Waals surface area contributed by atoms with Gasteiger partial charge in [-0.15, -0.1) is 0 Å². The van der Waals surface area contributed by atoms with E-state index < -0.39 is 0 Å². The van der Waals surface area contributed by atoms with Crippen molar-refractivity contribution in [1.29, 1.82) is 0 Å². The molecule has 5 heteroatoms. The Morgan fingerprint density at radius 1 is 1.30 bits per heavy atom. The minimum Gasteiger partial charge on any atom is -0.504 e. The maximum Gasteiger partial charge on any atom is 0.276 e. The second kappa shape index (κ2) is 5.54. The molecule has 1 saturated carbocycles. The van der Waals surface area contributed by atoms with Crippen LogP contribution in [-0.2, 0) is 11.3 Å². The van der Waals surface area contributed by atoms with Crippen LogP contribution in [0.2, 0.25) is 0 Å². The first-order valence-corrected chi connectivity index (χ1v) is 6.97. The van der Waals surface area contributed by atoms with Crippen molar-refractivity contribution in [2.24, 2.45) is 0 Å². The smallest absolute Gasteiger partial charge is 0.276 e. The summed E-state index contributed by atoms with van der Waals surface area (Å²) in [4.78, 5) is 16.4. The molecule has 1 amide bonds. The van der Waals surface area contributed by atoms with E-state index in [4.69, 9.17) is 4.84 Å². The van der Waals surface area contributed by atoms with Crippen molar-refractivity contribution in [3.05, 3.63) is 29.3 Å². The van der Waals surface area contributed by atoms with Crippen LogP contribution in [0.5, 0.6) is 11.5 Å². The summed E-state index contributed by atoms with van der Waals surface area (Å²) >= 11 is 0. The van der Waals surface area contributed by atoms with Crippen LogP contribution >= 0.6 is 0 Å². The lowest BCUT2D eigenvalue weighted by Gasteiger charge is -2.15. The van der Waals surface area contributed by atoms with Gasteiger partial charge >= 0.3 is 0 Å². The zero-order chi connectivity index (χ0) is 13.9. The Balaban J connectivity index is 1.77. The van der Waals surface area contributed by atoms with E-state index in [1.165, 1.54) is 31.8 Å². The number of hydrogen-bond donors (Lipinski definition) is 3. The van der Waals surface area contributed by atoms with Crippen molar-refractivity contribution >= 4 is 12.0 Å². The number of phenolic OH excluding ortho intramolecular Hbond substituents is 1. The fourth-order valence-corrected chi connectivity index (χ4v) is 2.69. The second-order valence-electron chi connectivity index (χ2n) is 5.26. The highest BCUT2D eigenvalue weighted by Gasteiger charge is 2.18. The molecule has 1 aliphatic heterocycles. The van der Waals surface area contributed by atoms with E-state index in [1.807, 2.05) is 12.1 Å². The molecule has 0 bridgehead atoms. The number of nitrogens with one attached hydrogen (secondary N) is 2. The van der Waals surface area contributed by atoms with Crippen molar-refractivity contribution in [2.45, 2.75) is 38.3 Å². The van der Waals surface area contributed by atoms with Crippen LogP contribution in [0.1, 0.15) is 36.8 Å². The number of amides is 1. The standard InChI is InChI=1S/C15H18N2O3/c18-13-8-7-10-5-6-11(14(19)15(10)20-17-13)9-16-12-3-1-2-4-12/h5-8,12,16,19H,1-4,9H2,(H,17,18). The predicted molar refractivity (Wildman–Crippen MR) is 75.0 cm³/mol. The number of hydrogen-bond acceptors (Lipinski definition) is 4. The van der Waals surface area contributed by atoms with Crippen molar-refractivity contribution in [1.82, 2.24) is 10.8 Å². The first-order valence-electron chi connectivity index (χ1n) is 6.97. The number of fused-ring (bicyclic) bond motifs is 1. The summed E-state index contributed by atoms with van der Waals surface area (Å²) < 4.78 is 0. The van der Waals surface area contributed by atoms with E-state index in [-0.39, 0.29) is 11.7 Å². The number of rotatable bonds is 3. The molecule has 0 atom stereocenters. The SMILES string of the molecule is O=C1C=Cc2ccc(CNC3CCCC3)c(O)c2ON1. The molecule has 1 aliphatic carbocycles. The molecule has 0 saturated heterocycles. The third-order valence-electron chi connectivity index (χ3n) is 3.85. The average molecular weight is 274 g/mol. The molecule has 0 spiro atoms. The van der Waals surface area contributed by atoms with E-state index in [0.29, 0.717) is 23.9 Å². The maximum absolute atomic E-state index is 11.2. The summed E-state index contributed by atoms with van der Waals surface area (Å²) in [7, 11) is 0. The van der Waals surface area contributed by atoms with Crippen molar-refractivity contribution in [3.8, 4) is 11.5 Å². The number of hydroxylamine groups is 1. The zero-order valence-electron chi connectivity index (χ0n) is 11.2. The van der Waals surface area contributed by atoms with Crippen LogP contribution in [0.4, 0.5) is 0 Å². The van der Waals surface area contributed by atoms with Gasteiger partial charge in [-0.2, -0.15) is 5.48 Å². The summed E-state index contributed by atoms with van der Waals surface area (Å²) in [6.45, 7) is 0.602. The topological polar surface area (TPSA) is 70.6 Å². The highest BCUT2D eigenvalue weighted by Crippen LogP contribution is 2.35. The molecule has 3 rings (SSSR count). The van der Waals surface area contributed by atoms with E-state index in [2.05, 4.69) is 10.8 Å². The lowest BCUT2D eigenvalue weighted by molar-refractivity contribution is -0.122. The number of phenols is 1. The van der Waals surface area contributed by atoms with Crippen LogP contribution < -0.4 is 15.6 Å². The minimum atomic E-state index is -0.341. The van der Waals surface area contributed by atoms with Gasteiger partial charge in [0.2, 0.25) is 5.75 Å². The molecule has 1 aromatic carbocycles. The molecule has 20 heavy (non-hydrogen) atoms. The van der Waals surface area contributed by atoms with Gasteiger partial charge in [0.15, 0.2) is 5.75 Å². The molecule has 106 valence electrons. The van der Waals surface area contributed by atoms with Crippen LogP contribution in [-0.4, -0.2) is 17.1 Å². The molecule has 1 fully saturated rings. The van der Waals surface area contributed by atoms with Crippen molar-refractivity contribution < 1.29 is 14.7 Å². The molecule has 1 heterocycles. The third-order valence-corrected chi connectivity index (χ3v) is 3.85. The summed E-state index contributed by atoms with van der Waals surface area (Å²) in [6, 6.07) is 4.24. The zero-order valence-corrected chi connectivity index (χ0v) is 11.2. The fraction of sp³-hybridized carbons (Fsp3) is 0.400. The summed E-state index contributed by atoms with van der Waals surface area (Å²) in [5.74, 6) is 0.0453. The Bertz CT molecular complexity index is 548. The highest BCUT2D eigenvalue weighted by molar-refractivity contribution is 5.92. The first-order chi connectivity index (χ1) is 9.74. The normalized spacial score (nSPS) is 18.3. The van der Waals surface area contributed by atoms with Crippen LogP contribution in [0.15, 0.2) is 18.2 Å². The third kappa shape index (κ3) is 2.63. The molecule has 2 aliphatic rings. The van der Waals surface area contributed by atoms with Crippen LogP contribution in [0.25, 0.3) is 6.08 Å². The van der Waals surface area contributed by atoms with Gasteiger partial charge in [0.05, 0.1) is 0 Å². The van der Waals surface area contributed by atoms with Gasteiger partial charge in [0, 0.05) is 29.8 Å². The Hall–Kier alpha value is -2.01. The van der Waals surface area contributed by atoms with E-state index in [1.54, 1.807) is 6.08 Å². The van der Waals surface area contributed by atoms with E-state index in [9.17, 15) is 9.90 Å². The molecule has 1 aromatic rings. The van der Waals surface area contributed by atoms with Gasteiger partial charge in [-0.25, -0.2) is 0 Å². The molecular weight excluding hydrogens is 256 g/mol. The van der Waals surface area contributed by atoms with Crippen molar-refractivity contribution in [2.75, 3.05) is 0 Å². The fourth-order valence-electron chi connectivity index (χ4n) is 2.69. The first kappa shape index (κ1) is 13.0. The van der Waals surface area contributed by atoms with E-state index in [0.717, 1.165) is 5.56 Å². The Morgan fingerprint density at radius 3 is 2.90 bits per heavy atom. The van der Waals surface area contributed by atoms with E-state index >= 15 is 0 Å². The largest absolute Gasteiger partial charge is 0.504 e. The molecule has 5 nitrogen and oxygen atoms in total. The van der Waals surface area contributed by atoms with Gasteiger partial charge in [0.1, 0.15) is 0 Å². The number of benzene rings is 1. The highest BCUT2D eigenvalue weighted by atomic mass is 16.7. The van der Waals surface area contributed by atoms with Gasteiger partial charge in [-0.3, -0.25) is 4.79 Å². The van der Waals surface area contributed by atoms with Crippen LogP contribution in [0, 0.1) is 0 Å². The molecule has 3 N–H and O–H groups in total. The molecule has 0 unspecified atom stereocenters. The summed E-state index contributed by atoms with van der Waals surface area (Å²) in [6.07, 6.45) is 7.94. The average Bonchev–Trinajstić information content (AvgIpc) is 2.89. The lowest BCUT2D eigenvalue weighted by atomic mass is 10.1. The second-order valence-corrected chi connectivity index (χ2v) is 5.26. The predicted octanol–water partition coefficient (Wildman–Crippen LogP) is 1.86. The van der Waals surface area contributed by atoms with Crippen LogP contribution in [0.3, 0.4) is 0 Å². The Kier molecular flexibility index (Phi) is 3.60. The summed E-state index contributed by atoms with van der Waals surface area (Å²) in [5.41, 5.74) is 3.72. The lowest BCUT2D eigenvalue weighted by Crippen LogP contribution is -2.26. The summed E-state index contributed by atoms with van der Waals surface area (Å²) in [5, 5.41) is 13.7. The monoisotopic (exact) mass is 274 g/mol. The van der Waals surface area contributed by atoms with Gasteiger partial charge < -0.3 is 15.3 Å². The molecule has 0 aromatic heterocycles. The van der Waals surface area contributed by atoms with Gasteiger partial charge in [0.25, 0.3) is 5.91 Å². The number of aromatic hydroxyl groups is 1.